The molecule has 1 aliphatic carbocycles. The molecule has 3 aliphatic heterocycles. The summed E-state index contributed by atoms with van der Waals surface area (Å²) in [5.74, 6) is 0.855. The minimum Gasteiger partial charge on any atom is -0.373 e. The molecule has 0 aromatic heterocycles. The summed E-state index contributed by atoms with van der Waals surface area (Å²) >= 11 is 0. The predicted octanol–water partition coefficient (Wildman–Crippen LogP) is 3.55. The van der Waals surface area contributed by atoms with E-state index in [0.717, 1.165) is 25.6 Å². The maximum absolute atomic E-state index is 5.39. The van der Waals surface area contributed by atoms with Crippen LogP contribution in [0.25, 0.3) is 0 Å². The third kappa shape index (κ3) is 5.41. The van der Waals surface area contributed by atoms with E-state index in [9.17, 15) is 0 Å². The fraction of sp³-hybridized carbons (Fsp3) is 1.00. The van der Waals surface area contributed by atoms with E-state index in [-0.39, 0.29) is 0 Å². The molecule has 0 amide bonds. The van der Waals surface area contributed by atoms with Crippen LogP contribution < -0.4 is 0 Å². The maximum Gasteiger partial charge on any atom is 0.0886 e. The van der Waals surface area contributed by atoms with Gasteiger partial charge in [0, 0.05) is 0 Å². The number of epoxide rings is 3. The van der Waals surface area contributed by atoms with Crippen LogP contribution in [0.4, 0.5) is 0 Å². The fourth-order valence-corrected chi connectivity index (χ4v) is 2.33. The number of hydrogen-bond acceptors (Lipinski definition) is 3. The van der Waals surface area contributed by atoms with E-state index in [0.29, 0.717) is 23.9 Å². The first-order valence-electron chi connectivity index (χ1n) is 7.99. The number of rotatable bonds is 2. The Hall–Kier alpha value is -0.120. The van der Waals surface area contributed by atoms with E-state index in [1.165, 1.54) is 25.7 Å². The van der Waals surface area contributed by atoms with Gasteiger partial charge in [0.1, 0.15) is 0 Å². The fourth-order valence-electron chi connectivity index (χ4n) is 2.33. The summed E-state index contributed by atoms with van der Waals surface area (Å²) < 4.78 is 15.3. The van der Waals surface area contributed by atoms with Gasteiger partial charge in [-0.1, -0.05) is 27.2 Å². The first-order chi connectivity index (χ1) is 9.08. The number of hydrogen-bond donors (Lipinski definition) is 0. The van der Waals surface area contributed by atoms with Crippen LogP contribution >= 0.6 is 0 Å². The van der Waals surface area contributed by atoms with E-state index in [1.807, 2.05) is 0 Å². The predicted molar refractivity (Wildman–Crippen MR) is 76.4 cm³/mol. The summed E-state index contributed by atoms with van der Waals surface area (Å²) in [4.78, 5) is 0. The second-order valence-corrected chi connectivity index (χ2v) is 6.50. The van der Waals surface area contributed by atoms with Crippen molar-refractivity contribution in [2.45, 2.75) is 83.7 Å². The SMILES string of the molecule is CC1CCCC2OC12.CCC1(C)CO1.CCC1CO1. The van der Waals surface area contributed by atoms with Gasteiger partial charge in [-0.05, 0) is 38.5 Å². The van der Waals surface area contributed by atoms with Crippen molar-refractivity contribution in [1.82, 2.24) is 0 Å². The van der Waals surface area contributed by atoms with Crippen LogP contribution in [0.5, 0.6) is 0 Å². The van der Waals surface area contributed by atoms with Gasteiger partial charge in [-0.15, -0.1) is 0 Å². The Morgan fingerprint density at radius 1 is 1.21 bits per heavy atom. The molecule has 5 unspecified atom stereocenters. The molecule has 112 valence electrons. The third-order valence-corrected chi connectivity index (χ3v) is 4.57. The average Bonchev–Trinajstić information content (AvgIpc) is 3.27. The standard InChI is InChI=1S/C7H12O.C5H10O.C4H8O/c1-5-3-2-4-6-7(5)8-6;1-3-5(2)4-6-5;1-2-4-3-5-4/h5-7H,2-4H2,1H3;3-4H2,1-2H3;4H,2-3H2,1H3. The van der Waals surface area contributed by atoms with Gasteiger partial charge in [-0.3, -0.25) is 0 Å². The van der Waals surface area contributed by atoms with Crippen LogP contribution in [0.3, 0.4) is 0 Å². The molecule has 3 heterocycles. The molecule has 0 N–H and O–H groups in total. The first-order valence-corrected chi connectivity index (χ1v) is 7.99. The van der Waals surface area contributed by atoms with Crippen LogP contribution in [-0.2, 0) is 14.2 Å². The van der Waals surface area contributed by atoms with Crippen LogP contribution in [0.1, 0.15) is 59.8 Å². The number of ether oxygens (including phenoxy) is 3. The molecule has 3 saturated heterocycles. The van der Waals surface area contributed by atoms with Crippen molar-refractivity contribution in [1.29, 1.82) is 0 Å². The highest BCUT2D eigenvalue weighted by Gasteiger charge is 2.44. The van der Waals surface area contributed by atoms with Crippen molar-refractivity contribution < 1.29 is 14.2 Å². The molecule has 0 radical (unpaired) electrons. The van der Waals surface area contributed by atoms with Crippen molar-refractivity contribution >= 4 is 0 Å². The summed E-state index contributed by atoms with van der Waals surface area (Å²) in [6, 6.07) is 0. The van der Waals surface area contributed by atoms with Crippen LogP contribution in [0, 0.1) is 5.92 Å². The number of fused-ring (bicyclic) bond motifs is 1. The molecule has 4 aliphatic rings. The lowest BCUT2D eigenvalue weighted by Gasteiger charge is -2.10. The normalized spacial score (nSPS) is 44.8. The monoisotopic (exact) mass is 270 g/mol. The largest absolute Gasteiger partial charge is 0.373 e. The molecule has 0 spiro atoms. The van der Waals surface area contributed by atoms with E-state index in [1.54, 1.807) is 0 Å². The van der Waals surface area contributed by atoms with Crippen molar-refractivity contribution in [3.63, 3.8) is 0 Å². The molecule has 4 rings (SSSR count). The van der Waals surface area contributed by atoms with Gasteiger partial charge in [0.25, 0.3) is 0 Å². The van der Waals surface area contributed by atoms with Gasteiger partial charge in [-0.25, -0.2) is 0 Å². The second-order valence-electron chi connectivity index (χ2n) is 6.50. The van der Waals surface area contributed by atoms with Crippen molar-refractivity contribution in [2.75, 3.05) is 13.2 Å². The minimum atomic E-state index is 0.292. The van der Waals surface area contributed by atoms with Gasteiger partial charge < -0.3 is 14.2 Å². The second kappa shape index (κ2) is 6.55. The highest BCUT2D eigenvalue weighted by molar-refractivity contribution is 4.92. The van der Waals surface area contributed by atoms with E-state index >= 15 is 0 Å². The molecule has 3 heteroatoms. The van der Waals surface area contributed by atoms with E-state index in [4.69, 9.17) is 14.2 Å². The van der Waals surface area contributed by atoms with Gasteiger partial charge in [0.15, 0.2) is 0 Å². The molecule has 0 aromatic carbocycles. The lowest BCUT2D eigenvalue weighted by Crippen LogP contribution is -2.11. The maximum atomic E-state index is 5.39. The smallest absolute Gasteiger partial charge is 0.0886 e. The summed E-state index contributed by atoms with van der Waals surface area (Å²) in [5.41, 5.74) is 0.292. The van der Waals surface area contributed by atoms with Crippen molar-refractivity contribution in [3.05, 3.63) is 0 Å². The van der Waals surface area contributed by atoms with Gasteiger partial charge in [-0.2, -0.15) is 0 Å². The quantitative estimate of drug-likeness (QED) is 0.720. The Balaban J connectivity index is 0.000000109. The summed E-state index contributed by atoms with van der Waals surface area (Å²) in [6.07, 6.45) is 8.45. The minimum absolute atomic E-state index is 0.292. The van der Waals surface area contributed by atoms with Crippen molar-refractivity contribution in [2.24, 2.45) is 5.92 Å². The van der Waals surface area contributed by atoms with Gasteiger partial charge in [0.2, 0.25) is 0 Å². The van der Waals surface area contributed by atoms with Gasteiger partial charge >= 0.3 is 0 Å². The zero-order valence-electron chi connectivity index (χ0n) is 13.0. The highest BCUT2D eigenvalue weighted by atomic mass is 16.6. The molecule has 5 atom stereocenters. The lowest BCUT2D eigenvalue weighted by molar-refractivity contribution is 0.317. The average molecular weight is 270 g/mol. The molecule has 4 fully saturated rings. The third-order valence-electron chi connectivity index (χ3n) is 4.57. The van der Waals surface area contributed by atoms with Crippen LogP contribution in [0.2, 0.25) is 0 Å². The Kier molecular flexibility index (Phi) is 5.27. The van der Waals surface area contributed by atoms with E-state index < -0.39 is 0 Å². The highest BCUT2D eigenvalue weighted by Crippen LogP contribution is 2.39. The zero-order valence-corrected chi connectivity index (χ0v) is 13.0. The van der Waals surface area contributed by atoms with Gasteiger partial charge in [0.05, 0.1) is 37.1 Å². The molecule has 0 bridgehead atoms. The van der Waals surface area contributed by atoms with E-state index in [2.05, 4.69) is 27.7 Å². The summed E-state index contributed by atoms with van der Waals surface area (Å²) in [6.45, 7) is 10.7. The molecule has 1 saturated carbocycles. The Bertz CT molecular complexity index is 271. The molecule has 0 aromatic rings. The molecular formula is C16H30O3. The topological polar surface area (TPSA) is 37.6 Å². The molecule has 3 nitrogen and oxygen atoms in total. The lowest BCUT2D eigenvalue weighted by atomic mass is 9.91. The first kappa shape index (κ1) is 15.3. The Morgan fingerprint density at radius 2 is 1.89 bits per heavy atom. The Labute approximate surface area is 118 Å². The zero-order chi connectivity index (χ0) is 13.9. The summed E-state index contributed by atoms with van der Waals surface area (Å²) in [7, 11) is 0. The molecule has 19 heavy (non-hydrogen) atoms. The Morgan fingerprint density at radius 3 is 2.16 bits per heavy atom. The molecular weight excluding hydrogens is 240 g/mol. The van der Waals surface area contributed by atoms with Crippen molar-refractivity contribution in [3.8, 4) is 0 Å². The summed E-state index contributed by atoms with van der Waals surface area (Å²) in [5, 5.41) is 0. The van der Waals surface area contributed by atoms with Crippen LogP contribution in [-0.4, -0.2) is 37.1 Å². The van der Waals surface area contributed by atoms with Crippen LogP contribution in [0.15, 0.2) is 0 Å².